The van der Waals surface area contributed by atoms with E-state index in [1.165, 1.54) is 5.56 Å². The molecule has 0 aliphatic rings. The molecule has 3 nitrogen and oxygen atoms in total. The molecule has 0 unspecified atom stereocenters. The average molecular weight is 274 g/mol. The molecule has 2 aromatic rings. The fourth-order valence-electron chi connectivity index (χ4n) is 1.88. The maximum Gasteiger partial charge on any atom is 0.130 e. The summed E-state index contributed by atoms with van der Waals surface area (Å²) >= 11 is 0. The highest BCUT2D eigenvalue weighted by atomic mass is 16.5. The van der Waals surface area contributed by atoms with Crippen molar-refractivity contribution >= 4 is 6.08 Å². The van der Waals surface area contributed by atoms with Crippen molar-refractivity contribution in [3.05, 3.63) is 70.8 Å². The Labute approximate surface area is 124 Å². The van der Waals surface area contributed by atoms with Crippen LogP contribution in [0.3, 0.4) is 0 Å². The van der Waals surface area contributed by atoms with Crippen LogP contribution in [0, 0.1) is 29.6 Å². The Kier molecular flexibility index (Phi) is 4.75. The number of hydrogen-bond donors (Lipinski definition) is 0. The number of ether oxygens (including phenoxy) is 1. The first kappa shape index (κ1) is 14.4. The smallest absolute Gasteiger partial charge is 0.130 e. The molecule has 0 aliphatic heterocycles. The maximum atomic E-state index is 8.77. The topological polar surface area (TPSA) is 56.8 Å². The van der Waals surface area contributed by atoms with Crippen LogP contribution in [-0.2, 0) is 6.61 Å². The van der Waals surface area contributed by atoms with Crippen molar-refractivity contribution < 1.29 is 4.74 Å². The van der Waals surface area contributed by atoms with Gasteiger partial charge in [0, 0.05) is 0 Å². The molecule has 3 heteroatoms. The summed E-state index contributed by atoms with van der Waals surface area (Å²) in [5, 5.41) is 17.5. The predicted molar refractivity (Wildman–Crippen MR) is 81.2 cm³/mol. The van der Waals surface area contributed by atoms with Gasteiger partial charge in [-0.1, -0.05) is 36.4 Å². The molecule has 0 aromatic heterocycles. The highest BCUT2D eigenvalue weighted by Gasteiger charge is 2.00. The lowest BCUT2D eigenvalue weighted by atomic mass is 10.1. The SMILES string of the molecule is Cc1ccccc1COc1cccc(C=C(C#N)C#N)c1. The molecule has 0 N–H and O–H groups in total. The fraction of sp³-hybridized carbons (Fsp3) is 0.111. The molecule has 0 radical (unpaired) electrons. The molecule has 0 heterocycles. The number of hydrogen-bond acceptors (Lipinski definition) is 3. The van der Waals surface area contributed by atoms with Gasteiger partial charge in [-0.3, -0.25) is 0 Å². The van der Waals surface area contributed by atoms with Crippen LogP contribution in [0.2, 0.25) is 0 Å². The first-order valence-corrected chi connectivity index (χ1v) is 6.52. The monoisotopic (exact) mass is 274 g/mol. The van der Waals surface area contributed by atoms with E-state index in [1.807, 2.05) is 67.6 Å². The quantitative estimate of drug-likeness (QED) is 0.792. The van der Waals surface area contributed by atoms with Crippen molar-refractivity contribution in [1.29, 1.82) is 10.5 Å². The summed E-state index contributed by atoms with van der Waals surface area (Å²) in [5.41, 5.74) is 3.17. The maximum absolute atomic E-state index is 8.77. The van der Waals surface area contributed by atoms with Crippen LogP contribution >= 0.6 is 0 Å². The van der Waals surface area contributed by atoms with Crippen LogP contribution in [0.4, 0.5) is 0 Å². The van der Waals surface area contributed by atoms with Crippen molar-refractivity contribution in [2.24, 2.45) is 0 Å². The zero-order valence-corrected chi connectivity index (χ0v) is 11.7. The first-order chi connectivity index (χ1) is 10.2. The van der Waals surface area contributed by atoms with Crippen LogP contribution in [0.15, 0.2) is 54.1 Å². The second-order valence-electron chi connectivity index (χ2n) is 4.57. The lowest BCUT2D eigenvalue weighted by Gasteiger charge is -2.09. The molecule has 0 bridgehead atoms. The number of benzene rings is 2. The Morgan fingerprint density at radius 2 is 1.86 bits per heavy atom. The second kappa shape index (κ2) is 6.93. The Hall–Kier alpha value is -3.04. The van der Waals surface area contributed by atoms with Gasteiger partial charge in [-0.15, -0.1) is 0 Å². The largest absolute Gasteiger partial charge is 0.489 e. The third-order valence-electron chi connectivity index (χ3n) is 3.07. The van der Waals surface area contributed by atoms with E-state index in [-0.39, 0.29) is 5.57 Å². The van der Waals surface area contributed by atoms with Crippen molar-refractivity contribution in [2.45, 2.75) is 13.5 Å². The first-order valence-electron chi connectivity index (χ1n) is 6.52. The Morgan fingerprint density at radius 3 is 2.57 bits per heavy atom. The van der Waals surface area contributed by atoms with Gasteiger partial charge in [0.2, 0.25) is 0 Å². The lowest BCUT2D eigenvalue weighted by molar-refractivity contribution is 0.305. The minimum Gasteiger partial charge on any atom is -0.489 e. The van der Waals surface area contributed by atoms with Crippen LogP contribution < -0.4 is 4.74 Å². The summed E-state index contributed by atoms with van der Waals surface area (Å²) in [6, 6.07) is 19.1. The Morgan fingerprint density at radius 1 is 1.10 bits per heavy atom. The van der Waals surface area contributed by atoms with Gasteiger partial charge >= 0.3 is 0 Å². The van der Waals surface area contributed by atoms with E-state index in [1.54, 1.807) is 6.08 Å². The molecule has 0 aliphatic carbocycles. The van der Waals surface area contributed by atoms with Crippen molar-refractivity contribution in [2.75, 3.05) is 0 Å². The third-order valence-corrected chi connectivity index (χ3v) is 3.07. The van der Waals surface area contributed by atoms with Crippen molar-refractivity contribution in [3.8, 4) is 17.9 Å². The summed E-state index contributed by atoms with van der Waals surface area (Å²) in [6.45, 7) is 2.53. The summed E-state index contributed by atoms with van der Waals surface area (Å²) in [7, 11) is 0. The Bertz CT molecular complexity index is 732. The van der Waals surface area contributed by atoms with Gasteiger partial charge in [-0.25, -0.2) is 0 Å². The van der Waals surface area contributed by atoms with Gasteiger partial charge in [-0.05, 0) is 41.8 Å². The molecule has 0 saturated heterocycles. The number of allylic oxidation sites excluding steroid dienone is 1. The minimum atomic E-state index is 0.0750. The molecule has 2 rings (SSSR count). The predicted octanol–water partition coefficient (Wildman–Crippen LogP) is 4.00. The zero-order chi connectivity index (χ0) is 15.1. The zero-order valence-electron chi connectivity index (χ0n) is 11.7. The van der Waals surface area contributed by atoms with E-state index in [0.717, 1.165) is 11.1 Å². The average Bonchev–Trinajstić information content (AvgIpc) is 2.52. The van der Waals surface area contributed by atoms with Gasteiger partial charge < -0.3 is 4.74 Å². The highest BCUT2D eigenvalue weighted by Crippen LogP contribution is 2.18. The van der Waals surface area contributed by atoms with Gasteiger partial charge in [0.25, 0.3) is 0 Å². The molecular formula is C18H14N2O. The number of nitriles is 2. The van der Waals surface area contributed by atoms with Gasteiger partial charge in [0.05, 0.1) is 0 Å². The number of nitrogens with zero attached hydrogens (tertiary/aromatic N) is 2. The van der Waals surface area contributed by atoms with Crippen molar-refractivity contribution in [1.82, 2.24) is 0 Å². The summed E-state index contributed by atoms with van der Waals surface area (Å²) in [4.78, 5) is 0. The van der Waals surface area contributed by atoms with Crippen molar-refractivity contribution in [3.63, 3.8) is 0 Å². The van der Waals surface area contributed by atoms with Gasteiger partial charge in [0.1, 0.15) is 30.1 Å². The van der Waals surface area contributed by atoms with E-state index in [9.17, 15) is 0 Å². The van der Waals surface area contributed by atoms with E-state index in [0.29, 0.717) is 12.4 Å². The molecule has 0 fully saturated rings. The van der Waals surface area contributed by atoms with Crippen LogP contribution in [0.25, 0.3) is 6.08 Å². The van der Waals surface area contributed by atoms with Crippen LogP contribution in [-0.4, -0.2) is 0 Å². The summed E-state index contributed by atoms with van der Waals surface area (Å²) < 4.78 is 5.77. The third kappa shape index (κ3) is 3.96. The molecule has 0 saturated carbocycles. The number of aryl methyl sites for hydroxylation is 1. The standard InChI is InChI=1S/C18H14N2O/c1-14-5-2-3-7-17(14)13-21-18-8-4-6-15(10-18)9-16(11-19)12-20/h2-10H,13H2,1H3. The molecule has 0 amide bonds. The molecule has 0 spiro atoms. The normalized spacial score (nSPS) is 9.29. The van der Waals surface area contributed by atoms with E-state index in [4.69, 9.17) is 15.3 Å². The Balaban J connectivity index is 2.13. The summed E-state index contributed by atoms with van der Waals surface area (Å²) in [5.74, 6) is 0.710. The van der Waals surface area contributed by atoms with Gasteiger partial charge in [0.15, 0.2) is 0 Å². The van der Waals surface area contributed by atoms with Crippen LogP contribution in [0.1, 0.15) is 16.7 Å². The second-order valence-corrected chi connectivity index (χ2v) is 4.57. The molecular weight excluding hydrogens is 260 g/mol. The van der Waals surface area contributed by atoms with E-state index in [2.05, 4.69) is 0 Å². The molecule has 21 heavy (non-hydrogen) atoms. The fourth-order valence-corrected chi connectivity index (χ4v) is 1.88. The molecule has 2 aromatic carbocycles. The van der Waals surface area contributed by atoms with E-state index >= 15 is 0 Å². The van der Waals surface area contributed by atoms with E-state index < -0.39 is 0 Å². The van der Waals surface area contributed by atoms with Gasteiger partial charge in [-0.2, -0.15) is 10.5 Å². The highest BCUT2D eigenvalue weighted by molar-refractivity contribution is 5.62. The minimum absolute atomic E-state index is 0.0750. The molecule has 0 atom stereocenters. The van der Waals surface area contributed by atoms with Crippen LogP contribution in [0.5, 0.6) is 5.75 Å². The summed E-state index contributed by atoms with van der Waals surface area (Å²) in [6.07, 6.45) is 1.54. The number of rotatable bonds is 4. The lowest BCUT2D eigenvalue weighted by Crippen LogP contribution is -1.97. The molecule has 102 valence electrons.